The fraction of sp³-hybridized carbons (Fsp3) is 0.200. The Morgan fingerprint density at radius 3 is 2.58 bits per heavy atom. The number of hydrogen-bond acceptors (Lipinski definition) is 3. The molecule has 2 aromatic rings. The molecule has 98 valence electrons. The number of aromatic carboxylic acids is 1. The third-order valence-corrected chi connectivity index (χ3v) is 2.78. The molecule has 1 atom stereocenters. The van der Waals surface area contributed by atoms with Crippen molar-refractivity contribution in [2.75, 3.05) is 5.32 Å². The minimum absolute atomic E-state index is 0.0567. The molecule has 1 heterocycles. The number of nitrogens with one attached hydrogen (secondary N) is 1. The summed E-state index contributed by atoms with van der Waals surface area (Å²) in [5.41, 5.74) is 2.15. The van der Waals surface area contributed by atoms with Crippen LogP contribution >= 0.6 is 0 Å². The van der Waals surface area contributed by atoms with Crippen LogP contribution in [0.25, 0.3) is 0 Å². The van der Waals surface area contributed by atoms with E-state index in [0.29, 0.717) is 0 Å². The third-order valence-electron chi connectivity index (χ3n) is 2.78. The number of hydrogen-bond donors (Lipinski definition) is 2. The first-order valence-corrected chi connectivity index (χ1v) is 6.15. The molecule has 4 heteroatoms. The van der Waals surface area contributed by atoms with Crippen LogP contribution in [0.1, 0.15) is 23.0 Å². The fourth-order valence-electron chi connectivity index (χ4n) is 1.91. The lowest BCUT2D eigenvalue weighted by Gasteiger charge is -2.15. The summed E-state index contributed by atoms with van der Waals surface area (Å²) in [6.45, 7) is 2.08. The molecule has 1 aromatic carbocycles. The highest BCUT2D eigenvalue weighted by molar-refractivity contribution is 5.85. The molecule has 0 radical (unpaired) electrons. The van der Waals surface area contributed by atoms with Crippen molar-refractivity contribution in [1.82, 2.24) is 4.98 Å². The van der Waals surface area contributed by atoms with Crippen LogP contribution in [0.2, 0.25) is 0 Å². The van der Waals surface area contributed by atoms with Crippen LogP contribution in [0.5, 0.6) is 0 Å². The predicted octanol–water partition coefficient (Wildman–Crippen LogP) is 2.82. The van der Waals surface area contributed by atoms with Gasteiger partial charge in [-0.1, -0.05) is 30.3 Å². The van der Waals surface area contributed by atoms with Crippen molar-refractivity contribution >= 4 is 11.7 Å². The molecule has 0 bridgehead atoms. The monoisotopic (exact) mass is 256 g/mol. The van der Waals surface area contributed by atoms with Gasteiger partial charge in [0.15, 0.2) is 0 Å². The SMILES string of the molecule is CC(Cc1ccccc1)Nc1ccc(C(=O)O)nc1. The molecule has 0 amide bonds. The highest BCUT2D eigenvalue weighted by Gasteiger charge is 2.06. The van der Waals surface area contributed by atoms with Gasteiger partial charge in [0.1, 0.15) is 5.69 Å². The van der Waals surface area contributed by atoms with E-state index >= 15 is 0 Å². The van der Waals surface area contributed by atoms with Crippen LogP contribution in [0.4, 0.5) is 5.69 Å². The number of aromatic nitrogens is 1. The van der Waals surface area contributed by atoms with E-state index in [1.165, 1.54) is 11.6 Å². The zero-order valence-electron chi connectivity index (χ0n) is 10.7. The minimum Gasteiger partial charge on any atom is -0.477 e. The predicted molar refractivity (Wildman–Crippen MR) is 74.4 cm³/mol. The summed E-state index contributed by atoms with van der Waals surface area (Å²) in [5, 5.41) is 12.1. The van der Waals surface area contributed by atoms with E-state index in [1.54, 1.807) is 12.3 Å². The summed E-state index contributed by atoms with van der Waals surface area (Å²) in [5.74, 6) is -1.01. The molecule has 0 aliphatic heterocycles. The van der Waals surface area contributed by atoms with E-state index < -0.39 is 5.97 Å². The summed E-state index contributed by atoms with van der Waals surface area (Å²) in [6.07, 6.45) is 2.45. The molecular formula is C15H16N2O2. The van der Waals surface area contributed by atoms with E-state index in [4.69, 9.17) is 5.11 Å². The summed E-state index contributed by atoms with van der Waals surface area (Å²) >= 11 is 0. The Labute approximate surface area is 112 Å². The molecule has 2 N–H and O–H groups in total. The van der Waals surface area contributed by atoms with Crippen LogP contribution in [-0.2, 0) is 6.42 Å². The fourth-order valence-corrected chi connectivity index (χ4v) is 1.91. The molecule has 1 unspecified atom stereocenters. The number of rotatable bonds is 5. The van der Waals surface area contributed by atoms with Crippen molar-refractivity contribution in [2.24, 2.45) is 0 Å². The minimum atomic E-state index is -1.01. The Balaban J connectivity index is 1.95. The summed E-state index contributed by atoms with van der Waals surface area (Å²) < 4.78 is 0. The van der Waals surface area contributed by atoms with Gasteiger partial charge in [-0.05, 0) is 31.0 Å². The van der Waals surface area contributed by atoms with E-state index in [1.807, 2.05) is 18.2 Å². The van der Waals surface area contributed by atoms with Gasteiger partial charge in [0.25, 0.3) is 0 Å². The van der Waals surface area contributed by atoms with E-state index in [2.05, 4.69) is 29.4 Å². The topological polar surface area (TPSA) is 62.2 Å². The Kier molecular flexibility index (Phi) is 4.13. The number of pyridine rings is 1. The molecule has 0 aliphatic rings. The number of carbonyl (C=O) groups is 1. The number of benzene rings is 1. The average Bonchev–Trinajstić information content (AvgIpc) is 2.40. The van der Waals surface area contributed by atoms with E-state index in [9.17, 15) is 4.79 Å². The maximum absolute atomic E-state index is 10.7. The lowest BCUT2D eigenvalue weighted by atomic mass is 10.1. The van der Waals surface area contributed by atoms with Gasteiger partial charge in [-0.2, -0.15) is 0 Å². The van der Waals surface area contributed by atoms with Gasteiger partial charge in [-0.15, -0.1) is 0 Å². The lowest BCUT2D eigenvalue weighted by Crippen LogP contribution is -2.18. The lowest BCUT2D eigenvalue weighted by molar-refractivity contribution is 0.0690. The maximum Gasteiger partial charge on any atom is 0.354 e. The molecule has 0 saturated carbocycles. The molecule has 0 fully saturated rings. The first kappa shape index (κ1) is 13.1. The van der Waals surface area contributed by atoms with Crippen molar-refractivity contribution in [3.63, 3.8) is 0 Å². The standard InChI is InChI=1S/C15H16N2O2/c1-11(9-12-5-3-2-4-6-12)17-13-7-8-14(15(18)19)16-10-13/h2-8,10-11,17H,9H2,1H3,(H,18,19). The number of nitrogens with zero attached hydrogens (tertiary/aromatic N) is 1. The van der Waals surface area contributed by atoms with Crippen molar-refractivity contribution in [2.45, 2.75) is 19.4 Å². The highest BCUT2D eigenvalue weighted by atomic mass is 16.4. The van der Waals surface area contributed by atoms with Crippen LogP contribution in [0.15, 0.2) is 48.7 Å². The molecule has 0 saturated heterocycles. The van der Waals surface area contributed by atoms with Crippen molar-refractivity contribution in [3.05, 3.63) is 59.9 Å². The Bertz CT molecular complexity index is 538. The number of carboxylic acids is 1. The molecule has 0 aliphatic carbocycles. The van der Waals surface area contributed by atoms with E-state index in [0.717, 1.165) is 12.1 Å². The second kappa shape index (κ2) is 6.00. The van der Waals surface area contributed by atoms with E-state index in [-0.39, 0.29) is 11.7 Å². The smallest absolute Gasteiger partial charge is 0.354 e. The van der Waals surface area contributed by atoms with Crippen LogP contribution in [0, 0.1) is 0 Å². The molecule has 19 heavy (non-hydrogen) atoms. The first-order chi connectivity index (χ1) is 9.15. The van der Waals surface area contributed by atoms with Crippen molar-refractivity contribution in [1.29, 1.82) is 0 Å². The van der Waals surface area contributed by atoms with Crippen molar-refractivity contribution < 1.29 is 9.90 Å². The average molecular weight is 256 g/mol. The third kappa shape index (κ3) is 3.81. The van der Waals surface area contributed by atoms with Gasteiger partial charge in [-0.3, -0.25) is 0 Å². The molecule has 0 spiro atoms. The summed E-state index contributed by atoms with van der Waals surface area (Å²) in [4.78, 5) is 14.6. The second-order valence-corrected chi connectivity index (χ2v) is 4.47. The van der Waals surface area contributed by atoms with Crippen molar-refractivity contribution in [3.8, 4) is 0 Å². The zero-order valence-corrected chi connectivity index (χ0v) is 10.7. The van der Waals surface area contributed by atoms with Gasteiger partial charge in [0, 0.05) is 6.04 Å². The van der Waals surface area contributed by atoms with Gasteiger partial charge in [-0.25, -0.2) is 9.78 Å². The normalized spacial score (nSPS) is 11.8. The summed E-state index contributed by atoms with van der Waals surface area (Å²) in [6, 6.07) is 13.7. The van der Waals surface area contributed by atoms with Gasteiger partial charge < -0.3 is 10.4 Å². The van der Waals surface area contributed by atoms with Gasteiger partial charge in [0.05, 0.1) is 11.9 Å². The van der Waals surface area contributed by atoms with Crippen LogP contribution < -0.4 is 5.32 Å². The zero-order chi connectivity index (χ0) is 13.7. The number of carboxylic acid groups (broad SMARTS) is 1. The summed E-state index contributed by atoms with van der Waals surface area (Å²) in [7, 11) is 0. The maximum atomic E-state index is 10.7. The first-order valence-electron chi connectivity index (χ1n) is 6.15. The largest absolute Gasteiger partial charge is 0.477 e. The highest BCUT2D eigenvalue weighted by Crippen LogP contribution is 2.11. The number of anilines is 1. The van der Waals surface area contributed by atoms with Crippen LogP contribution in [0.3, 0.4) is 0 Å². The molecular weight excluding hydrogens is 240 g/mol. The second-order valence-electron chi connectivity index (χ2n) is 4.47. The Hall–Kier alpha value is -2.36. The quantitative estimate of drug-likeness (QED) is 0.863. The van der Waals surface area contributed by atoms with Crippen LogP contribution in [-0.4, -0.2) is 22.1 Å². The molecule has 1 aromatic heterocycles. The molecule has 2 rings (SSSR count). The van der Waals surface area contributed by atoms with Gasteiger partial charge in [0.2, 0.25) is 0 Å². The van der Waals surface area contributed by atoms with Gasteiger partial charge >= 0.3 is 5.97 Å². The Morgan fingerprint density at radius 2 is 2.00 bits per heavy atom. The molecule has 4 nitrogen and oxygen atoms in total. The Morgan fingerprint density at radius 1 is 1.26 bits per heavy atom.